The Kier molecular flexibility index (Phi) is 6.26. The van der Waals surface area contributed by atoms with Crippen molar-refractivity contribution < 1.29 is 17.9 Å². The summed E-state index contributed by atoms with van der Waals surface area (Å²) >= 11 is 1.45. The van der Waals surface area contributed by atoms with E-state index in [2.05, 4.69) is 14.7 Å². The van der Waals surface area contributed by atoms with Gasteiger partial charge in [-0.15, -0.1) is 11.3 Å². The van der Waals surface area contributed by atoms with Crippen molar-refractivity contribution in [3.63, 3.8) is 0 Å². The molecule has 0 aliphatic heterocycles. The molecule has 8 nitrogen and oxygen atoms in total. The molecule has 0 radical (unpaired) electrons. The minimum absolute atomic E-state index is 0.111. The summed E-state index contributed by atoms with van der Waals surface area (Å²) in [6, 6.07) is 14.4. The fraction of sp³-hybridized carbons (Fsp3) is 0.143. The lowest BCUT2D eigenvalue weighted by Gasteiger charge is -2.18. The summed E-state index contributed by atoms with van der Waals surface area (Å²) in [6.07, 6.45) is 1.30. The van der Waals surface area contributed by atoms with Gasteiger partial charge in [-0.05, 0) is 49.2 Å². The van der Waals surface area contributed by atoms with Crippen molar-refractivity contribution in [3.8, 4) is 28.1 Å². The van der Waals surface area contributed by atoms with Crippen molar-refractivity contribution in [2.75, 3.05) is 5.73 Å². The highest BCUT2D eigenvalue weighted by molar-refractivity contribution is 7.15. The number of alkyl halides is 2. The van der Waals surface area contributed by atoms with Gasteiger partial charge < -0.3 is 10.5 Å². The van der Waals surface area contributed by atoms with Gasteiger partial charge in [0.2, 0.25) is 0 Å². The first kappa shape index (κ1) is 25.6. The molecule has 0 saturated carbocycles. The first-order valence-corrected chi connectivity index (χ1v) is 13.0. The first-order valence-electron chi connectivity index (χ1n) is 12.2. The second-order valence-electron chi connectivity index (χ2n) is 9.15. The van der Waals surface area contributed by atoms with E-state index in [1.807, 2.05) is 55.6 Å². The van der Waals surface area contributed by atoms with Crippen LogP contribution in [0.1, 0.15) is 24.2 Å². The van der Waals surface area contributed by atoms with E-state index in [1.165, 1.54) is 23.7 Å². The topological polar surface area (TPSA) is 100 Å². The maximum Gasteiger partial charge on any atom is 0.387 e. The molecule has 2 aromatic carbocycles. The van der Waals surface area contributed by atoms with E-state index in [9.17, 15) is 18.0 Å². The number of aryl methyl sites for hydroxylation is 1. The average molecular weight is 563 g/mol. The van der Waals surface area contributed by atoms with Crippen molar-refractivity contribution in [1.82, 2.24) is 24.1 Å². The number of aromatic nitrogens is 5. The number of halogens is 3. The molecule has 6 rings (SSSR count). The summed E-state index contributed by atoms with van der Waals surface area (Å²) in [5, 5.41) is 7.04. The number of nitrogens with zero attached hydrogens (tertiary/aromatic N) is 5. The van der Waals surface area contributed by atoms with Crippen LogP contribution < -0.4 is 16.0 Å². The van der Waals surface area contributed by atoms with Crippen LogP contribution in [0, 0.1) is 12.7 Å². The molecule has 0 saturated heterocycles. The van der Waals surface area contributed by atoms with Crippen molar-refractivity contribution in [2.24, 2.45) is 0 Å². The number of hydrogen-bond donors (Lipinski definition) is 1. The van der Waals surface area contributed by atoms with Crippen LogP contribution in [0.5, 0.6) is 5.75 Å². The van der Waals surface area contributed by atoms with E-state index >= 15 is 0 Å². The van der Waals surface area contributed by atoms with E-state index in [0.29, 0.717) is 22.2 Å². The zero-order chi connectivity index (χ0) is 28.1. The largest absolute Gasteiger partial charge is 0.432 e. The van der Waals surface area contributed by atoms with Crippen LogP contribution in [0.2, 0.25) is 0 Å². The van der Waals surface area contributed by atoms with Gasteiger partial charge in [0.15, 0.2) is 17.2 Å². The van der Waals surface area contributed by atoms with Gasteiger partial charge in [-0.25, -0.2) is 19.0 Å². The van der Waals surface area contributed by atoms with Crippen LogP contribution in [-0.2, 0) is 0 Å². The Balaban J connectivity index is 1.58. The molecular weight excluding hydrogens is 541 g/mol. The standard InChI is InChI=1S/C28H21F3N6O2S/c1-14-12-40-21-11-18(22(27(38)36(14)21)16-6-4-3-5-7-16)15(2)37-26-23(25(32)33-13-34-26)24(35-37)17-8-9-20(19(29)10-17)39-28(30)31/h3-13,15,28H,1-2H3,(H2,32,33,34)/t15-/m0/s1. The number of rotatable bonds is 6. The van der Waals surface area contributed by atoms with Gasteiger partial charge in [-0.2, -0.15) is 13.9 Å². The molecule has 0 amide bonds. The number of anilines is 1. The second kappa shape index (κ2) is 9.79. The second-order valence-corrected chi connectivity index (χ2v) is 10.0. The van der Waals surface area contributed by atoms with E-state index < -0.39 is 24.2 Å². The van der Waals surface area contributed by atoms with E-state index in [1.54, 1.807) is 9.08 Å². The number of fused-ring (bicyclic) bond motifs is 2. The summed E-state index contributed by atoms with van der Waals surface area (Å²) in [5.41, 5.74) is 9.76. The van der Waals surface area contributed by atoms with Gasteiger partial charge in [0.25, 0.3) is 5.56 Å². The lowest BCUT2D eigenvalue weighted by atomic mass is 9.97. The van der Waals surface area contributed by atoms with Crippen molar-refractivity contribution in [2.45, 2.75) is 26.5 Å². The maximum absolute atomic E-state index is 14.7. The molecule has 12 heteroatoms. The molecule has 0 bridgehead atoms. The smallest absolute Gasteiger partial charge is 0.387 e. The van der Waals surface area contributed by atoms with Crippen LogP contribution in [0.3, 0.4) is 0 Å². The normalized spacial score (nSPS) is 12.4. The van der Waals surface area contributed by atoms with Gasteiger partial charge in [0, 0.05) is 16.6 Å². The number of benzene rings is 2. The van der Waals surface area contributed by atoms with Gasteiger partial charge >= 0.3 is 6.61 Å². The van der Waals surface area contributed by atoms with Crippen LogP contribution in [0.15, 0.2) is 71.1 Å². The van der Waals surface area contributed by atoms with Crippen LogP contribution in [-0.4, -0.2) is 30.8 Å². The van der Waals surface area contributed by atoms with Gasteiger partial charge in [0.05, 0.1) is 17.0 Å². The minimum atomic E-state index is -3.17. The fourth-order valence-electron chi connectivity index (χ4n) is 4.89. The lowest BCUT2D eigenvalue weighted by molar-refractivity contribution is -0.0521. The zero-order valence-electron chi connectivity index (χ0n) is 21.2. The third-order valence-electron chi connectivity index (χ3n) is 6.73. The Morgan fingerprint density at radius 3 is 2.55 bits per heavy atom. The third-order valence-corrected chi connectivity index (χ3v) is 7.73. The van der Waals surface area contributed by atoms with Gasteiger partial charge in [0.1, 0.15) is 22.7 Å². The minimum Gasteiger partial charge on any atom is -0.432 e. The maximum atomic E-state index is 14.7. The highest BCUT2D eigenvalue weighted by Crippen LogP contribution is 2.37. The quantitative estimate of drug-likeness (QED) is 0.264. The summed E-state index contributed by atoms with van der Waals surface area (Å²) in [7, 11) is 0. The molecule has 2 N–H and O–H groups in total. The zero-order valence-corrected chi connectivity index (χ0v) is 22.0. The molecule has 0 unspecified atom stereocenters. The van der Waals surface area contributed by atoms with Crippen molar-refractivity contribution in [3.05, 3.63) is 93.7 Å². The highest BCUT2D eigenvalue weighted by atomic mass is 32.1. The number of ether oxygens (including phenoxy) is 1. The monoisotopic (exact) mass is 562 g/mol. The molecule has 6 aromatic rings. The third kappa shape index (κ3) is 4.16. The molecule has 202 valence electrons. The van der Waals surface area contributed by atoms with Crippen molar-refractivity contribution in [1.29, 1.82) is 0 Å². The molecule has 0 spiro atoms. The van der Waals surface area contributed by atoms with E-state index in [0.717, 1.165) is 28.2 Å². The highest BCUT2D eigenvalue weighted by Gasteiger charge is 2.26. The predicted molar refractivity (Wildman–Crippen MR) is 147 cm³/mol. The SMILES string of the molecule is Cc1csc2cc([C@H](C)n3nc(-c4ccc(OC(F)F)c(F)c4)c4c(N)ncnc43)c(-c3ccccc3)c(=O)n12. The summed E-state index contributed by atoms with van der Waals surface area (Å²) in [5.74, 6) is -1.46. The first-order chi connectivity index (χ1) is 19.2. The predicted octanol–water partition coefficient (Wildman–Crippen LogP) is 6.08. The Hall–Kier alpha value is -4.71. The van der Waals surface area contributed by atoms with Gasteiger partial charge in [-0.3, -0.25) is 9.20 Å². The summed E-state index contributed by atoms with van der Waals surface area (Å²) in [4.78, 5) is 23.1. The molecule has 4 heterocycles. The molecule has 0 aliphatic rings. The molecular formula is C28H21F3N6O2S. The molecule has 1 atom stereocenters. The molecule has 40 heavy (non-hydrogen) atoms. The van der Waals surface area contributed by atoms with E-state index in [4.69, 9.17) is 10.8 Å². The molecule has 0 aliphatic carbocycles. The number of hydrogen-bond acceptors (Lipinski definition) is 7. The molecule has 0 fully saturated rings. The van der Waals surface area contributed by atoms with E-state index in [-0.39, 0.29) is 22.6 Å². The Bertz CT molecular complexity index is 1950. The summed E-state index contributed by atoms with van der Waals surface area (Å²) in [6.45, 7) is 0.594. The number of thiazole rings is 1. The lowest BCUT2D eigenvalue weighted by Crippen LogP contribution is -2.21. The van der Waals surface area contributed by atoms with Crippen LogP contribution >= 0.6 is 11.3 Å². The molecule has 4 aromatic heterocycles. The van der Waals surface area contributed by atoms with Crippen molar-refractivity contribution >= 4 is 33.0 Å². The number of pyridine rings is 1. The number of nitrogen functional groups attached to an aromatic ring is 1. The Morgan fingerprint density at radius 1 is 1.05 bits per heavy atom. The van der Waals surface area contributed by atoms with Gasteiger partial charge in [-0.1, -0.05) is 30.3 Å². The van der Waals surface area contributed by atoms with Crippen LogP contribution in [0.4, 0.5) is 19.0 Å². The Labute approximate surface area is 229 Å². The number of nitrogens with two attached hydrogens (primary N) is 1. The Morgan fingerprint density at radius 2 is 1.82 bits per heavy atom. The van der Waals surface area contributed by atoms with Crippen LogP contribution in [0.25, 0.3) is 38.2 Å². The summed E-state index contributed by atoms with van der Waals surface area (Å²) < 4.78 is 47.5. The fourth-order valence-corrected chi connectivity index (χ4v) is 5.81. The average Bonchev–Trinajstić information content (AvgIpc) is 3.51.